The first-order valence-corrected chi connectivity index (χ1v) is 7.02. The Kier molecular flexibility index (Phi) is 3.70. The van der Waals surface area contributed by atoms with E-state index >= 15 is 0 Å². The van der Waals surface area contributed by atoms with Crippen LogP contribution in [0.25, 0.3) is 0 Å². The lowest BCUT2D eigenvalue weighted by molar-refractivity contribution is -0.118. The summed E-state index contributed by atoms with van der Waals surface area (Å²) < 4.78 is 31.5. The standard InChI is InChI=1S/C11H11N3O5S/c1-19-8-5-3-2-4-7(8)14-20(17,18)9-6-12-11(16)13-10(9)15/h2-6,9,14H,1H3,(H,13,15,16). The van der Waals surface area contributed by atoms with E-state index < -0.39 is 27.2 Å². The smallest absolute Gasteiger partial charge is 0.347 e. The number of ether oxygens (including phenoxy) is 1. The van der Waals surface area contributed by atoms with Gasteiger partial charge >= 0.3 is 6.03 Å². The number of methoxy groups -OCH3 is 1. The van der Waals surface area contributed by atoms with E-state index in [1.54, 1.807) is 18.2 Å². The fraction of sp³-hybridized carbons (Fsp3) is 0.182. The third-order valence-electron chi connectivity index (χ3n) is 2.51. The molecule has 2 N–H and O–H groups in total. The SMILES string of the molecule is COc1ccccc1NS(=O)(=O)C1C=NC(=O)NC1=O. The van der Waals surface area contributed by atoms with Crippen LogP contribution in [0.4, 0.5) is 10.5 Å². The highest BCUT2D eigenvalue weighted by Gasteiger charge is 2.35. The van der Waals surface area contributed by atoms with Crippen molar-refractivity contribution in [3.8, 4) is 5.75 Å². The summed E-state index contributed by atoms with van der Waals surface area (Å²) in [5, 5.41) is 0.245. The van der Waals surface area contributed by atoms with Crippen molar-refractivity contribution in [2.75, 3.05) is 11.8 Å². The minimum absolute atomic E-state index is 0.188. The zero-order valence-corrected chi connectivity index (χ0v) is 11.2. The summed E-state index contributed by atoms with van der Waals surface area (Å²) in [5.41, 5.74) is 0.188. The lowest BCUT2D eigenvalue weighted by Crippen LogP contribution is -2.48. The third kappa shape index (κ3) is 2.77. The Balaban J connectivity index is 2.30. The Morgan fingerprint density at radius 2 is 2.00 bits per heavy atom. The summed E-state index contributed by atoms with van der Waals surface area (Å²) in [6.07, 6.45) is 0.791. The van der Waals surface area contributed by atoms with Crippen LogP contribution >= 0.6 is 0 Å². The van der Waals surface area contributed by atoms with Crippen molar-refractivity contribution >= 4 is 33.9 Å². The molecule has 1 heterocycles. The quantitative estimate of drug-likeness (QED) is 0.819. The van der Waals surface area contributed by atoms with Crippen LogP contribution in [0.3, 0.4) is 0 Å². The van der Waals surface area contributed by atoms with Crippen molar-refractivity contribution in [3.63, 3.8) is 0 Å². The maximum atomic E-state index is 12.1. The summed E-state index contributed by atoms with van der Waals surface area (Å²) in [6, 6.07) is 5.44. The molecule has 8 nitrogen and oxygen atoms in total. The molecule has 1 unspecified atom stereocenters. The summed E-state index contributed by atoms with van der Waals surface area (Å²) >= 11 is 0. The van der Waals surface area contributed by atoms with Gasteiger partial charge in [0.25, 0.3) is 5.91 Å². The monoisotopic (exact) mass is 297 g/mol. The molecule has 9 heteroatoms. The average molecular weight is 297 g/mol. The number of rotatable bonds is 4. The van der Waals surface area contributed by atoms with Crippen LogP contribution in [0.2, 0.25) is 0 Å². The summed E-state index contributed by atoms with van der Waals surface area (Å²) in [7, 11) is -2.70. The molecule has 106 valence electrons. The van der Waals surface area contributed by atoms with Gasteiger partial charge in [0.2, 0.25) is 10.0 Å². The van der Waals surface area contributed by atoms with Crippen LogP contribution in [0, 0.1) is 0 Å². The first kappa shape index (κ1) is 14.0. The molecule has 0 bridgehead atoms. The second kappa shape index (κ2) is 5.29. The lowest BCUT2D eigenvalue weighted by atomic mass is 10.3. The van der Waals surface area contributed by atoms with Crippen molar-refractivity contribution in [2.24, 2.45) is 4.99 Å². The number of sulfonamides is 1. The highest BCUT2D eigenvalue weighted by molar-refractivity contribution is 7.94. The number of urea groups is 1. The molecule has 0 aliphatic carbocycles. The molecule has 1 aromatic rings. The number of imide groups is 1. The van der Waals surface area contributed by atoms with E-state index in [-0.39, 0.29) is 5.69 Å². The Labute approximate surface area is 114 Å². The van der Waals surface area contributed by atoms with Gasteiger partial charge in [-0.3, -0.25) is 14.8 Å². The predicted molar refractivity (Wildman–Crippen MR) is 71.4 cm³/mol. The number of anilines is 1. The second-order valence-corrected chi connectivity index (χ2v) is 5.64. The van der Waals surface area contributed by atoms with Gasteiger partial charge in [-0.05, 0) is 12.1 Å². The maximum Gasteiger partial charge on any atom is 0.347 e. The van der Waals surface area contributed by atoms with Gasteiger partial charge in [-0.15, -0.1) is 0 Å². The van der Waals surface area contributed by atoms with E-state index in [9.17, 15) is 18.0 Å². The van der Waals surface area contributed by atoms with Crippen molar-refractivity contribution in [1.29, 1.82) is 0 Å². The molecule has 2 rings (SSSR count). The van der Waals surface area contributed by atoms with Gasteiger partial charge in [0.15, 0.2) is 5.25 Å². The van der Waals surface area contributed by atoms with E-state index in [2.05, 4.69) is 9.71 Å². The molecule has 20 heavy (non-hydrogen) atoms. The van der Waals surface area contributed by atoms with Crippen molar-refractivity contribution in [3.05, 3.63) is 24.3 Å². The van der Waals surface area contributed by atoms with Gasteiger partial charge in [0.1, 0.15) is 5.75 Å². The predicted octanol–water partition coefficient (Wildman–Crippen LogP) is 0.126. The number of hydrogen-bond donors (Lipinski definition) is 2. The molecule has 1 aromatic carbocycles. The van der Waals surface area contributed by atoms with Crippen LogP contribution in [-0.4, -0.2) is 38.9 Å². The largest absolute Gasteiger partial charge is 0.495 e. The van der Waals surface area contributed by atoms with Crippen molar-refractivity contribution < 1.29 is 22.7 Å². The minimum atomic E-state index is -4.09. The number of carbonyl (C=O) groups is 2. The van der Waals surface area contributed by atoms with Gasteiger partial charge in [-0.1, -0.05) is 12.1 Å². The third-order valence-corrected chi connectivity index (χ3v) is 4.02. The zero-order chi connectivity index (χ0) is 14.8. The molecule has 1 aliphatic rings. The van der Waals surface area contributed by atoms with Crippen molar-refractivity contribution in [1.82, 2.24) is 5.32 Å². The number of para-hydroxylation sites is 2. The van der Waals surface area contributed by atoms with E-state index in [4.69, 9.17) is 4.74 Å². The van der Waals surface area contributed by atoms with Crippen LogP contribution in [0.5, 0.6) is 5.75 Å². The number of hydrogen-bond acceptors (Lipinski definition) is 5. The highest BCUT2D eigenvalue weighted by atomic mass is 32.2. The first-order chi connectivity index (χ1) is 9.44. The molecule has 3 amide bonds. The van der Waals surface area contributed by atoms with Gasteiger partial charge in [-0.2, -0.15) is 0 Å². The van der Waals surface area contributed by atoms with Crippen LogP contribution < -0.4 is 14.8 Å². The van der Waals surface area contributed by atoms with E-state index in [0.717, 1.165) is 6.21 Å². The van der Waals surface area contributed by atoms with Crippen LogP contribution in [0.1, 0.15) is 0 Å². The number of aliphatic imine (C=N–C) groups is 1. The summed E-state index contributed by atoms with van der Waals surface area (Å²) in [5.74, 6) is -0.646. The van der Waals surface area contributed by atoms with Gasteiger partial charge < -0.3 is 4.74 Å². The Morgan fingerprint density at radius 3 is 2.65 bits per heavy atom. The number of nitrogens with zero attached hydrogens (tertiary/aromatic N) is 1. The molecule has 1 aliphatic heterocycles. The fourth-order valence-corrected chi connectivity index (χ4v) is 2.74. The molecule has 0 saturated heterocycles. The Morgan fingerprint density at radius 1 is 1.30 bits per heavy atom. The molecule has 0 spiro atoms. The minimum Gasteiger partial charge on any atom is -0.495 e. The van der Waals surface area contributed by atoms with Crippen LogP contribution in [-0.2, 0) is 14.8 Å². The highest BCUT2D eigenvalue weighted by Crippen LogP contribution is 2.25. The molecule has 0 radical (unpaired) electrons. The molecule has 1 atom stereocenters. The van der Waals surface area contributed by atoms with Gasteiger partial charge in [0.05, 0.1) is 12.8 Å². The number of nitrogens with one attached hydrogen (secondary N) is 2. The normalized spacial score (nSPS) is 18.6. The lowest BCUT2D eigenvalue weighted by Gasteiger charge is -2.17. The van der Waals surface area contributed by atoms with Gasteiger partial charge in [-0.25, -0.2) is 18.2 Å². The molecule has 0 fully saturated rings. The number of benzene rings is 1. The number of amides is 3. The second-order valence-electron chi connectivity index (χ2n) is 3.84. The first-order valence-electron chi connectivity index (χ1n) is 5.47. The van der Waals surface area contributed by atoms with Crippen LogP contribution in [0.15, 0.2) is 29.3 Å². The van der Waals surface area contributed by atoms with E-state index in [1.165, 1.54) is 13.2 Å². The van der Waals surface area contributed by atoms with E-state index in [0.29, 0.717) is 5.75 Å². The zero-order valence-electron chi connectivity index (χ0n) is 10.4. The maximum absolute atomic E-state index is 12.1. The topological polar surface area (TPSA) is 114 Å². The Bertz CT molecular complexity index is 683. The fourth-order valence-electron chi connectivity index (χ4n) is 1.58. The average Bonchev–Trinajstić information content (AvgIpc) is 2.38. The summed E-state index contributed by atoms with van der Waals surface area (Å²) in [6.45, 7) is 0. The van der Waals surface area contributed by atoms with E-state index in [1.807, 2.05) is 5.32 Å². The molecular weight excluding hydrogens is 286 g/mol. The van der Waals surface area contributed by atoms with Gasteiger partial charge in [0, 0.05) is 6.21 Å². The molecule has 0 aromatic heterocycles. The Hall–Kier alpha value is -2.42. The van der Waals surface area contributed by atoms with Crippen molar-refractivity contribution in [2.45, 2.75) is 5.25 Å². The molecule has 0 saturated carbocycles. The molecular formula is C11H11N3O5S. The summed E-state index contributed by atoms with van der Waals surface area (Å²) in [4.78, 5) is 25.6. The number of carbonyl (C=O) groups excluding carboxylic acids is 2.